The van der Waals surface area contributed by atoms with Crippen LogP contribution in [0.2, 0.25) is 0 Å². The zero-order chi connectivity index (χ0) is 15.6. The first-order valence-corrected chi connectivity index (χ1v) is 7.88. The summed E-state index contributed by atoms with van der Waals surface area (Å²) in [6, 6.07) is 0.487. The maximum absolute atomic E-state index is 11.7. The summed E-state index contributed by atoms with van der Waals surface area (Å²) in [7, 11) is 0. The third-order valence-corrected chi connectivity index (χ3v) is 3.87. The largest absolute Gasteiger partial charge is 0.388 e. The molecular formula is C15H28N2O4. The smallest absolute Gasteiger partial charge is 0.222 e. The lowest BCUT2D eigenvalue weighted by molar-refractivity contribution is -0.125. The molecule has 0 aliphatic carbocycles. The van der Waals surface area contributed by atoms with Crippen LogP contribution >= 0.6 is 0 Å². The van der Waals surface area contributed by atoms with Gasteiger partial charge in [0.2, 0.25) is 5.91 Å². The standard InChI is InChI=1S/C15H28N2O4/c1-8(2)16-7-12-14(19)15-11(21-12)5-10(20-15)6-13(18)17-9(3)4/h8-12,14-16,19H,5-7H2,1-4H3,(H,17,18). The molecular weight excluding hydrogens is 272 g/mol. The van der Waals surface area contributed by atoms with E-state index in [1.54, 1.807) is 0 Å². The van der Waals surface area contributed by atoms with Crippen LogP contribution in [0.5, 0.6) is 0 Å². The van der Waals surface area contributed by atoms with Gasteiger partial charge in [-0.1, -0.05) is 13.8 Å². The lowest BCUT2D eigenvalue weighted by Crippen LogP contribution is -2.41. The lowest BCUT2D eigenvalue weighted by atomic mass is 10.1. The molecule has 2 rings (SSSR count). The van der Waals surface area contributed by atoms with Gasteiger partial charge >= 0.3 is 0 Å². The van der Waals surface area contributed by atoms with Crippen LogP contribution in [-0.4, -0.2) is 60.2 Å². The highest BCUT2D eigenvalue weighted by Crippen LogP contribution is 2.35. The van der Waals surface area contributed by atoms with E-state index in [9.17, 15) is 9.90 Å². The Balaban J connectivity index is 1.78. The molecule has 122 valence electrons. The van der Waals surface area contributed by atoms with Gasteiger partial charge in [0.25, 0.3) is 0 Å². The van der Waals surface area contributed by atoms with Crippen molar-refractivity contribution >= 4 is 5.91 Å². The molecule has 3 N–H and O–H groups in total. The Morgan fingerprint density at radius 3 is 2.52 bits per heavy atom. The topological polar surface area (TPSA) is 79.8 Å². The SMILES string of the molecule is CC(C)NCC1OC2CC(CC(=O)NC(C)C)OC2C1O. The van der Waals surface area contributed by atoms with E-state index >= 15 is 0 Å². The van der Waals surface area contributed by atoms with Crippen molar-refractivity contribution in [1.82, 2.24) is 10.6 Å². The third-order valence-electron chi connectivity index (χ3n) is 3.87. The van der Waals surface area contributed by atoms with Crippen LogP contribution in [0.25, 0.3) is 0 Å². The minimum Gasteiger partial charge on any atom is -0.388 e. The number of hydrogen-bond donors (Lipinski definition) is 3. The molecule has 0 bridgehead atoms. The second kappa shape index (κ2) is 7.05. The summed E-state index contributed by atoms with van der Waals surface area (Å²) in [5.41, 5.74) is 0. The van der Waals surface area contributed by atoms with Crippen molar-refractivity contribution in [2.45, 2.75) is 83.1 Å². The van der Waals surface area contributed by atoms with Gasteiger partial charge in [0.15, 0.2) is 0 Å². The fourth-order valence-electron chi connectivity index (χ4n) is 2.95. The van der Waals surface area contributed by atoms with Gasteiger partial charge in [-0.2, -0.15) is 0 Å². The summed E-state index contributed by atoms with van der Waals surface area (Å²) in [6.07, 6.45) is -0.419. The van der Waals surface area contributed by atoms with E-state index in [2.05, 4.69) is 24.5 Å². The molecule has 21 heavy (non-hydrogen) atoms. The lowest BCUT2D eigenvalue weighted by Gasteiger charge is -2.21. The predicted molar refractivity (Wildman–Crippen MR) is 79.0 cm³/mol. The van der Waals surface area contributed by atoms with Gasteiger partial charge in [-0.3, -0.25) is 4.79 Å². The highest BCUT2D eigenvalue weighted by Gasteiger charge is 2.50. The Morgan fingerprint density at radius 2 is 1.95 bits per heavy atom. The van der Waals surface area contributed by atoms with E-state index in [0.717, 1.165) is 0 Å². The molecule has 2 aliphatic rings. The molecule has 2 aliphatic heterocycles. The van der Waals surface area contributed by atoms with Crippen LogP contribution in [0.1, 0.15) is 40.5 Å². The minimum absolute atomic E-state index is 0.0116. The van der Waals surface area contributed by atoms with Crippen LogP contribution in [-0.2, 0) is 14.3 Å². The molecule has 1 amide bonds. The van der Waals surface area contributed by atoms with Crippen molar-refractivity contribution in [2.75, 3.05) is 6.54 Å². The van der Waals surface area contributed by atoms with Crippen molar-refractivity contribution in [3.8, 4) is 0 Å². The van der Waals surface area contributed by atoms with Crippen LogP contribution in [0.4, 0.5) is 0 Å². The normalized spacial score (nSPS) is 35.5. The number of ether oxygens (including phenoxy) is 2. The molecule has 6 nitrogen and oxygen atoms in total. The number of rotatable bonds is 6. The number of amides is 1. The molecule has 0 aromatic rings. The average molecular weight is 300 g/mol. The predicted octanol–water partition coefficient (Wildman–Crippen LogP) is 0.185. The number of hydrogen-bond acceptors (Lipinski definition) is 5. The first kappa shape index (κ1) is 16.7. The van der Waals surface area contributed by atoms with Crippen LogP contribution in [0.3, 0.4) is 0 Å². The zero-order valence-corrected chi connectivity index (χ0v) is 13.3. The molecule has 2 fully saturated rings. The fourth-order valence-corrected chi connectivity index (χ4v) is 2.95. The third kappa shape index (κ3) is 4.39. The van der Waals surface area contributed by atoms with Crippen LogP contribution in [0.15, 0.2) is 0 Å². The van der Waals surface area contributed by atoms with E-state index < -0.39 is 6.10 Å². The second-order valence-corrected chi connectivity index (χ2v) is 6.65. The average Bonchev–Trinajstić information content (AvgIpc) is 2.85. The number of fused-ring (bicyclic) bond motifs is 1. The maximum Gasteiger partial charge on any atom is 0.222 e. The molecule has 6 heteroatoms. The summed E-state index contributed by atoms with van der Waals surface area (Å²) < 4.78 is 11.7. The molecule has 0 aromatic heterocycles. The summed E-state index contributed by atoms with van der Waals surface area (Å²) >= 11 is 0. The molecule has 0 spiro atoms. The van der Waals surface area contributed by atoms with Gasteiger partial charge in [0, 0.05) is 25.0 Å². The highest BCUT2D eigenvalue weighted by molar-refractivity contribution is 5.76. The molecule has 0 radical (unpaired) electrons. The Hall–Kier alpha value is -0.690. The molecule has 0 aromatic carbocycles. The van der Waals surface area contributed by atoms with Gasteiger partial charge < -0.3 is 25.2 Å². The Kier molecular flexibility index (Phi) is 5.60. The van der Waals surface area contributed by atoms with Crippen molar-refractivity contribution in [2.24, 2.45) is 0 Å². The van der Waals surface area contributed by atoms with E-state index in [0.29, 0.717) is 25.4 Å². The first-order valence-electron chi connectivity index (χ1n) is 7.88. The van der Waals surface area contributed by atoms with Crippen molar-refractivity contribution in [1.29, 1.82) is 0 Å². The molecule has 0 saturated carbocycles. The van der Waals surface area contributed by atoms with Gasteiger partial charge in [0.05, 0.1) is 24.7 Å². The second-order valence-electron chi connectivity index (χ2n) is 6.65. The summed E-state index contributed by atoms with van der Waals surface area (Å²) in [6.45, 7) is 8.60. The van der Waals surface area contributed by atoms with Crippen molar-refractivity contribution < 1.29 is 19.4 Å². The maximum atomic E-state index is 11.7. The molecule has 2 saturated heterocycles. The first-order chi connectivity index (χ1) is 9.86. The van der Waals surface area contributed by atoms with Gasteiger partial charge in [-0.15, -0.1) is 0 Å². The number of aliphatic hydroxyl groups excluding tert-OH is 1. The Morgan fingerprint density at radius 1 is 1.24 bits per heavy atom. The number of nitrogens with one attached hydrogen (secondary N) is 2. The number of carbonyl (C=O) groups is 1. The van der Waals surface area contributed by atoms with Gasteiger partial charge in [-0.05, 0) is 13.8 Å². The van der Waals surface area contributed by atoms with E-state index in [4.69, 9.17) is 9.47 Å². The minimum atomic E-state index is -0.626. The van der Waals surface area contributed by atoms with Crippen molar-refractivity contribution in [3.05, 3.63) is 0 Å². The summed E-state index contributed by atoms with van der Waals surface area (Å²) in [5.74, 6) is -0.0116. The molecule has 5 atom stereocenters. The van der Waals surface area contributed by atoms with Crippen molar-refractivity contribution in [3.63, 3.8) is 0 Å². The highest BCUT2D eigenvalue weighted by atomic mass is 16.6. The molecule has 2 heterocycles. The Labute approximate surface area is 126 Å². The van der Waals surface area contributed by atoms with E-state index in [1.165, 1.54) is 0 Å². The summed E-state index contributed by atoms with van der Waals surface area (Å²) in [5, 5.41) is 16.4. The number of aliphatic hydroxyl groups is 1. The van der Waals surface area contributed by atoms with Gasteiger partial charge in [-0.25, -0.2) is 0 Å². The summed E-state index contributed by atoms with van der Waals surface area (Å²) in [4.78, 5) is 11.7. The quantitative estimate of drug-likeness (QED) is 0.652. The van der Waals surface area contributed by atoms with Crippen LogP contribution in [0, 0.1) is 0 Å². The van der Waals surface area contributed by atoms with E-state index in [1.807, 2.05) is 13.8 Å². The monoisotopic (exact) mass is 300 g/mol. The van der Waals surface area contributed by atoms with Gasteiger partial charge in [0.1, 0.15) is 12.2 Å². The number of carbonyl (C=O) groups excluding carboxylic acids is 1. The van der Waals surface area contributed by atoms with E-state index in [-0.39, 0.29) is 36.4 Å². The molecule has 5 unspecified atom stereocenters. The Bertz CT molecular complexity index is 362. The van der Waals surface area contributed by atoms with Crippen LogP contribution < -0.4 is 10.6 Å². The fraction of sp³-hybridized carbons (Fsp3) is 0.933. The zero-order valence-electron chi connectivity index (χ0n) is 13.3.